The second-order valence-corrected chi connectivity index (χ2v) is 9.28. The Morgan fingerprint density at radius 1 is 0.657 bits per heavy atom. The Labute approximate surface area is 202 Å². The van der Waals surface area contributed by atoms with Crippen LogP contribution in [0, 0.1) is 0 Å². The SMILES string of the molecule is CN1CCN(c2ccc3[nH]c(-c4ccc5[nH]c(-c6ccc7ccccc7n6)nc5c4)nc3c2)CC1. The fourth-order valence-corrected chi connectivity index (χ4v) is 4.86. The molecule has 0 atom stereocenters. The molecule has 0 amide bonds. The molecule has 0 spiro atoms. The zero-order valence-electron chi connectivity index (χ0n) is 19.5. The van der Waals surface area contributed by atoms with Gasteiger partial charge in [0.1, 0.15) is 11.5 Å². The van der Waals surface area contributed by atoms with Crippen LogP contribution in [0.25, 0.3) is 55.9 Å². The second kappa shape index (κ2) is 7.92. The topological polar surface area (TPSA) is 76.7 Å². The molecule has 1 aliphatic rings. The summed E-state index contributed by atoms with van der Waals surface area (Å²) in [6.07, 6.45) is 0. The predicted octanol–water partition coefficient (Wildman–Crippen LogP) is 5.07. The fraction of sp³-hybridized carbons (Fsp3) is 0.179. The van der Waals surface area contributed by atoms with Crippen LogP contribution in [0.2, 0.25) is 0 Å². The normalized spacial score (nSPS) is 14.9. The van der Waals surface area contributed by atoms with E-state index in [4.69, 9.17) is 15.0 Å². The van der Waals surface area contributed by atoms with Crippen molar-refractivity contribution in [3.63, 3.8) is 0 Å². The van der Waals surface area contributed by atoms with Crippen molar-refractivity contribution < 1.29 is 0 Å². The summed E-state index contributed by atoms with van der Waals surface area (Å²) in [5.74, 6) is 1.62. The Hall–Kier alpha value is -4.23. The number of pyridine rings is 1. The number of hydrogen-bond acceptors (Lipinski definition) is 5. The third-order valence-corrected chi connectivity index (χ3v) is 6.93. The molecule has 7 rings (SSSR count). The number of aromatic amines is 2. The first-order chi connectivity index (χ1) is 17.2. The van der Waals surface area contributed by atoms with Gasteiger partial charge in [-0.1, -0.05) is 24.3 Å². The van der Waals surface area contributed by atoms with Crippen LogP contribution >= 0.6 is 0 Å². The highest BCUT2D eigenvalue weighted by atomic mass is 15.2. The van der Waals surface area contributed by atoms with E-state index in [0.717, 1.165) is 82.1 Å². The summed E-state index contributed by atoms with van der Waals surface area (Å²) in [7, 11) is 2.18. The van der Waals surface area contributed by atoms with Crippen molar-refractivity contribution in [2.45, 2.75) is 0 Å². The van der Waals surface area contributed by atoms with E-state index in [2.05, 4.69) is 75.3 Å². The zero-order valence-corrected chi connectivity index (χ0v) is 19.5. The summed E-state index contributed by atoms with van der Waals surface area (Å²) in [5.41, 5.74) is 7.95. The van der Waals surface area contributed by atoms with Gasteiger partial charge in [0.25, 0.3) is 0 Å². The first-order valence-electron chi connectivity index (χ1n) is 12.0. The Morgan fingerprint density at radius 2 is 1.40 bits per heavy atom. The minimum Gasteiger partial charge on any atom is -0.369 e. The van der Waals surface area contributed by atoms with Gasteiger partial charge in [-0.2, -0.15) is 0 Å². The van der Waals surface area contributed by atoms with E-state index in [-0.39, 0.29) is 0 Å². The lowest BCUT2D eigenvalue weighted by molar-refractivity contribution is 0.313. The quantitative estimate of drug-likeness (QED) is 0.386. The van der Waals surface area contributed by atoms with Crippen LogP contribution in [-0.2, 0) is 0 Å². The number of para-hydroxylation sites is 1. The molecule has 1 fully saturated rings. The third-order valence-electron chi connectivity index (χ3n) is 6.93. The van der Waals surface area contributed by atoms with Gasteiger partial charge in [-0.05, 0) is 55.6 Å². The number of nitrogens with zero attached hydrogens (tertiary/aromatic N) is 5. The van der Waals surface area contributed by atoms with E-state index >= 15 is 0 Å². The highest BCUT2D eigenvalue weighted by Gasteiger charge is 2.16. The second-order valence-electron chi connectivity index (χ2n) is 9.28. The van der Waals surface area contributed by atoms with Crippen LogP contribution in [0.15, 0.2) is 72.8 Å². The molecular formula is C28H25N7. The number of anilines is 1. The Morgan fingerprint density at radius 3 is 2.29 bits per heavy atom. The largest absolute Gasteiger partial charge is 0.369 e. The summed E-state index contributed by atoms with van der Waals surface area (Å²) in [6, 6.07) is 25.0. The summed E-state index contributed by atoms with van der Waals surface area (Å²) in [6.45, 7) is 4.27. The molecule has 0 unspecified atom stereocenters. The number of imidazole rings is 2. The third kappa shape index (κ3) is 3.61. The van der Waals surface area contributed by atoms with Gasteiger partial charge in [0.15, 0.2) is 5.82 Å². The number of H-pyrrole nitrogens is 2. The van der Waals surface area contributed by atoms with Gasteiger partial charge in [0.05, 0.1) is 27.6 Å². The summed E-state index contributed by atoms with van der Waals surface area (Å²) < 4.78 is 0. The number of nitrogens with one attached hydrogen (secondary N) is 2. The lowest BCUT2D eigenvalue weighted by Gasteiger charge is -2.34. The number of likely N-dealkylation sites (N-methyl/N-ethyl adjacent to an activating group) is 1. The highest BCUT2D eigenvalue weighted by Crippen LogP contribution is 2.28. The number of aromatic nitrogens is 5. The molecule has 2 N–H and O–H groups in total. The van der Waals surface area contributed by atoms with E-state index in [0.29, 0.717) is 0 Å². The number of piperazine rings is 1. The van der Waals surface area contributed by atoms with Crippen LogP contribution in [0.5, 0.6) is 0 Å². The molecular weight excluding hydrogens is 434 g/mol. The van der Waals surface area contributed by atoms with Crippen LogP contribution in [0.4, 0.5) is 5.69 Å². The fourth-order valence-electron chi connectivity index (χ4n) is 4.86. The lowest BCUT2D eigenvalue weighted by Crippen LogP contribution is -2.44. The molecule has 7 nitrogen and oxygen atoms in total. The zero-order chi connectivity index (χ0) is 23.4. The smallest absolute Gasteiger partial charge is 0.157 e. The van der Waals surface area contributed by atoms with Crippen molar-refractivity contribution >= 4 is 38.7 Å². The molecule has 0 bridgehead atoms. The van der Waals surface area contributed by atoms with E-state index in [1.807, 2.05) is 24.3 Å². The lowest BCUT2D eigenvalue weighted by atomic mass is 10.2. The van der Waals surface area contributed by atoms with Gasteiger partial charge in [-0.25, -0.2) is 15.0 Å². The summed E-state index contributed by atoms with van der Waals surface area (Å²) >= 11 is 0. The van der Waals surface area contributed by atoms with Gasteiger partial charge < -0.3 is 19.8 Å². The van der Waals surface area contributed by atoms with Crippen LogP contribution < -0.4 is 4.90 Å². The van der Waals surface area contributed by atoms with Crippen molar-refractivity contribution in [1.29, 1.82) is 0 Å². The van der Waals surface area contributed by atoms with Crippen LogP contribution in [-0.4, -0.2) is 63.0 Å². The number of hydrogen-bond donors (Lipinski definition) is 2. The molecule has 172 valence electrons. The molecule has 7 heteroatoms. The average Bonchev–Trinajstić information content (AvgIpc) is 3.52. The maximum Gasteiger partial charge on any atom is 0.157 e. The minimum absolute atomic E-state index is 0.768. The summed E-state index contributed by atoms with van der Waals surface area (Å²) in [4.78, 5) is 26.2. The average molecular weight is 460 g/mol. The van der Waals surface area contributed by atoms with Gasteiger partial charge in [-0.15, -0.1) is 0 Å². The van der Waals surface area contributed by atoms with Crippen LogP contribution in [0.3, 0.4) is 0 Å². The van der Waals surface area contributed by atoms with Gasteiger partial charge >= 0.3 is 0 Å². The standard InChI is InChI=1S/C28H25N7/c1-34-12-14-35(15-13-34)20-8-11-23-26(17-20)32-27(30-23)19-7-9-22-25(16-19)33-28(31-22)24-10-6-18-4-2-3-5-21(18)29-24/h2-11,16-17H,12-15H2,1H3,(H,30,32)(H,31,33). The van der Waals surface area contributed by atoms with E-state index < -0.39 is 0 Å². The number of fused-ring (bicyclic) bond motifs is 3. The van der Waals surface area contributed by atoms with Gasteiger partial charge in [0, 0.05) is 42.8 Å². The Balaban J connectivity index is 1.22. The molecule has 0 aliphatic carbocycles. The highest BCUT2D eigenvalue weighted by molar-refractivity contribution is 5.87. The molecule has 4 heterocycles. The van der Waals surface area contributed by atoms with E-state index in [1.165, 1.54) is 5.69 Å². The Bertz CT molecular complexity index is 1690. The molecule has 3 aromatic heterocycles. The molecule has 6 aromatic rings. The van der Waals surface area contributed by atoms with Gasteiger partial charge in [-0.3, -0.25) is 0 Å². The monoisotopic (exact) mass is 459 g/mol. The van der Waals surface area contributed by atoms with Crippen LogP contribution in [0.1, 0.15) is 0 Å². The predicted molar refractivity (Wildman–Crippen MR) is 142 cm³/mol. The minimum atomic E-state index is 0.768. The molecule has 1 aliphatic heterocycles. The summed E-state index contributed by atoms with van der Waals surface area (Å²) in [5, 5.41) is 1.12. The Kier molecular flexibility index (Phi) is 4.57. The van der Waals surface area contributed by atoms with Gasteiger partial charge in [0.2, 0.25) is 0 Å². The molecule has 35 heavy (non-hydrogen) atoms. The molecule has 3 aromatic carbocycles. The van der Waals surface area contributed by atoms with Crippen molar-refractivity contribution in [2.75, 3.05) is 38.1 Å². The van der Waals surface area contributed by atoms with Crippen molar-refractivity contribution in [1.82, 2.24) is 29.8 Å². The van der Waals surface area contributed by atoms with Crippen molar-refractivity contribution in [2.24, 2.45) is 0 Å². The first kappa shape index (κ1) is 20.2. The first-order valence-corrected chi connectivity index (χ1v) is 12.0. The van der Waals surface area contributed by atoms with Crippen molar-refractivity contribution in [3.05, 3.63) is 72.8 Å². The maximum atomic E-state index is 4.92. The number of rotatable bonds is 3. The van der Waals surface area contributed by atoms with E-state index in [1.54, 1.807) is 0 Å². The molecule has 0 radical (unpaired) electrons. The van der Waals surface area contributed by atoms with E-state index in [9.17, 15) is 0 Å². The number of benzene rings is 3. The maximum absolute atomic E-state index is 4.92. The van der Waals surface area contributed by atoms with Crippen molar-refractivity contribution in [3.8, 4) is 22.9 Å². The molecule has 0 saturated carbocycles. The molecule has 1 saturated heterocycles.